The zero-order valence-corrected chi connectivity index (χ0v) is 11.2. The highest BCUT2D eigenvalue weighted by Gasteiger charge is 2.18. The van der Waals surface area contributed by atoms with Crippen molar-refractivity contribution in [3.63, 3.8) is 0 Å². The molecule has 0 aliphatic carbocycles. The molecule has 3 heterocycles. The molecule has 20 heavy (non-hydrogen) atoms. The Morgan fingerprint density at radius 2 is 2.05 bits per heavy atom. The van der Waals surface area contributed by atoms with E-state index in [9.17, 15) is 4.79 Å². The van der Waals surface area contributed by atoms with Crippen LogP contribution >= 0.6 is 0 Å². The van der Waals surface area contributed by atoms with E-state index in [1.54, 1.807) is 16.9 Å². The lowest BCUT2D eigenvalue weighted by atomic mass is 10.1. The van der Waals surface area contributed by atoms with E-state index in [0.717, 1.165) is 22.6 Å². The van der Waals surface area contributed by atoms with Crippen LogP contribution in [0.4, 0.5) is 0 Å². The van der Waals surface area contributed by atoms with Crippen LogP contribution in [0.2, 0.25) is 0 Å². The number of carbonyl (C=O) groups is 1. The average molecular weight is 272 g/mol. The topological polar surface area (TPSA) is 98.2 Å². The first-order chi connectivity index (χ1) is 9.49. The van der Waals surface area contributed by atoms with E-state index in [1.165, 1.54) is 4.52 Å². The summed E-state index contributed by atoms with van der Waals surface area (Å²) in [5.74, 6) is -1.20. The van der Waals surface area contributed by atoms with Crippen LogP contribution in [0, 0.1) is 13.8 Å². The molecule has 0 unspecified atom stereocenters. The van der Waals surface area contributed by atoms with Crippen molar-refractivity contribution in [1.82, 2.24) is 29.4 Å². The van der Waals surface area contributed by atoms with Gasteiger partial charge in [-0.2, -0.15) is 14.6 Å². The summed E-state index contributed by atoms with van der Waals surface area (Å²) in [5, 5.41) is 17.3. The average Bonchev–Trinajstić information content (AvgIpc) is 2.92. The molecule has 0 fully saturated rings. The maximum Gasteiger partial charge on any atom is 0.375 e. The number of hydrogen-bond acceptors (Lipinski definition) is 5. The number of hydrogen-bond donors (Lipinski definition) is 1. The van der Waals surface area contributed by atoms with Crippen molar-refractivity contribution >= 4 is 11.7 Å². The van der Waals surface area contributed by atoms with Crippen molar-refractivity contribution < 1.29 is 9.90 Å². The predicted molar refractivity (Wildman–Crippen MR) is 69.4 cm³/mol. The summed E-state index contributed by atoms with van der Waals surface area (Å²) in [5.41, 5.74) is 3.42. The highest BCUT2D eigenvalue weighted by atomic mass is 16.4. The van der Waals surface area contributed by atoms with Gasteiger partial charge in [0, 0.05) is 24.5 Å². The van der Waals surface area contributed by atoms with Crippen molar-refractivity contribution in [3.05, 3.63) is 29.5 Å². The SMILES string of the molecule is Cc1nn(C)c(C)c1-c1ccnc2nc(C(=O)O)nn12. The number of aryl methyl sites for hydroxylation is 2. The number of fused-ring (bicyclic) bond motifs is 1. The minimum atomic E-state index is -1.18. The Morgan fingerprint density at radius 1 is 1.30 bits per heavy atom. The molecule has 0 spiro atoms. The normalized spacial score (nSPS) is 11.2. The van der Waals surface area contributed by atoms with E-state index >= 15 is 0 Å². The van der Waals surface area contributed by atoms with E-state index in [2.05, 4.69) is 20.2 Å². The van der Waals surface area contributed by atoms with E-state index in [1.807, 2.05) is 20.9 Å². The third-order valence-corrected chi connectivity index (χ3v) is 3.20. The summed E-state index contributed by atoms with van der Waals surface area (Å²) in [7, 11) is 1.86. The smallest absolute Gasteiger partial charge is 0.375 e. The van der Waals surface area contributed by atoms with Crippen LogP contribution in [0.3, 0.4) is 0 Å². The Balaban J connectivity index is 2.33. The lowest BCUT2D eigenvalue weighted by Gasteiger charge is -2.03. The van der Waals surface area contributed by atoms with Gasteiger partial charge in [0.1, 0.15) is 0 Å². The largest absolute Gasteiger partial charge is 0.475 e. The summed E-state index contributed by atoms with van der Waals surface area (Å²) in [4.78, 5) is 18.9. The zero-order chi connectivity index (χ0) is 14.4. The second-order valence-electron chi connectivity index (χ2n) is 4.45. The van der Waals surface area contributed by atoms with Gasteiger partial charge < -0.3 is 5.11 Å². The number of aromatic nitrogens is 6. The first-order valence-electron chi connectivity index (χ1n) is 5.94. The van der Waals surface area contributed by atoms with Gasteiger partial charge in [0.15, 0.2) is 0 Å². The Kier molecular flexibility index (Phi) is 2.53. The molecule has 0 atom stereocenters. The fourth-order valence-corrected chi connectivity index (χ4v) is 2.22. The predicted octanol–water partition coefficient (Wildman–Crippen LogP) is 0.840. The summed E-state index contributed by atoms with van der Waals surface area (Å²) >= 11 is 0. The molecule has 0 radical (unpaired) electrons. The van der Waals surface area contributed by atoms with Crippen LogP contribution in [-0.2, 0) is 7.05 Å². The molecule has 0 bridgehead atoms. The molecule has 0 amide bonds. The lowest BCUT2D eigenvalue weighted by molar-refractivity contribution is 0.0684. The third kappa shape index (κ3) is 1.65. The summed E-state index contributed by atoms with van der Waals surface area (Å²) < 4.78 is 3.20. The molecule has 8 heteroatoms. The van der Waals surface area contributed by atoms with Gasteiger partial charge in [0.25, 0.3) is 11.6 Å². The first kappa shape index (κ1) is 12.3. The Hall–Kier alpha value is -2.77. The van der Waals surface area contributed by atoms with Crippen molar-refractivity contribution in [3.8, 4) is 11.3 Å². The van der Waals surface area contributed by atoms with Crippen LogP contribution in [0.15, 0.2) is 12.3 Å². The third-order valence-electron chi connectivity index (χ3n) is 3.20. The molecule has 0 aliphatic rings. The Morgan fingerprint density at radius 3 is 2.65 bits per heavy atom. The second kappa shape index (κ2) is 4.12. The van der Waals surface area contributed by atoms with E-state index in [0.29, 0.717) is 0 Å². The van der Waals surface area contributed by atoms with Crippen molar-refractivity contribution in [1.29, 1.82) is 0 Å². The van der Waals surface area contributed by atoms with E-state index in [-0.39, 0.29) is 11.6 Å². The van der Waals surface area contributed by atoms with Gasteiger partial charge in [0.2, 0.25) is 0 Å². The van der Waals surface area contributed by atoms with Crippen LogP contribution in [-0.4, -0.2) is 40.4 Å². The van der Waals surface area contributed by atoms with Gasteiger partial charge in [-0.1, -0.05) is 0 Å². The number of carboxylic acid groups (broad SMARTS) is 1. The lowest BCUT2D eigenvalue weighted by Crippen LogP contribution is -2.01. The Bertz CT molecular complexity index is 832. The van der Waals surface area contributed by atoms with Gasteiger partial charge in [-0.15, -0.1) is 5.10 Å². The van der Waals surface area contributed by atoms with E-state index in [4.69, 9.17) is 5.11 Å². The van der Waals surface area contributed by atoms with Gasteiger partial charge in [-0.05, 0) is 19.9 Å². The molecule has 1 N–H and O–H groups in total. The van der Waals surface area contributed by atoms with Gasteiger partial charge in [-0.25, -0.2) is 9.78 Å². The first-order valence-corrected chi connectivity index (χ1v) is 5.94. The van der Waals surface area contributed by atoms with Crippen molar-refractivity contribution in [2.45, 2.75) is 13.8 Å². The maximum absolute atomic E-state index is 11.0. The van der Waals surface area contributed by atoms with Crippen molar-refractivity contribution in [2.75, 3.05) is 0 Å². The van der Waals surface area contributed by atoms with E-state index < -0.39 is 5.97 Å². The van der Waals surface area contributed by atoms with Crippen molar-refractivity contribution in [2.24, 2.45) is 7.05 Å². The zero-order valence-electron chi connectivity index (χ0n) is 11.2. The van der Waals surface area contributed by atoms with Gasteiger partial charge in [-0.3, -0.25) is 4.68 Å². The standard InChI is InChI=1S/C12H12N6O2/c1-6-9(7(2)17(3)15-6)8-4-5-13-12-14-10(11(19)20)16-18(8)12/h4-5H,1-3H3,(H,19,20). The summed E-state index contributed by atoms with van der Waals surface area (Å²) in [6, 6.07) is 1.77. The number of nitrogens with zero attached hydrogens (tertiary/aromatic N) is 6. The monoisotopic (exact) mass is 272 g/mol. The second-order valence-corrected chi connectivity index (χ2v) is 4.45. The molecule has 0 saturated heterocycles. The Labute approximate surface area is 113 Å². The molecule has 0 saturated carbocycles. The summed E-state index contributed by atoms with van der Waals surface area (Å²) in [6.07, 6.45) is 1.58. The van der Waals surface area contributed by atoms with Crippen LogP contribution < -0.4 is 0 Å². The molecule has 102 valence electrons. The minimum absolute atomic E-state index is 0.252. The maximum atomic E-state index is 11.0. The fraction of sp³-hybridized carbons (Fsp3) is 0.250. The molecule has 3 aromatic rings. The minimum Gasteiger partial charge on any atom is -0.475 e. The number of rotatable bonds is 2. The van der Waals surface area contributed by atoms with Crippen LogP contribution in [0.1, 0.15) is 22.0 Å². The molecule has 8 nitrogen and oxygen atoms in total. The number of carboxylic acids is 1. The molecule has 3 aromatic heterocycles. The molecule has 0 aliphatic heterocycles. The van der Waals surface area contributed by atoms with Gasteiger partial charge >= 0.3 is 5.97 Å². The molecular formula is C12H12N6O2. The summed E-state index contributed by atoms with van der Waals surface area (Å²) in [6.45, 7) is 3.83. The molecule has 3 rings (SSSR count). The highest BCUT2D eigenvalue weighted by molar-refractivity contribution is 5.83. The quantitative estimate of drug-likeness (QED) is 0.742. The van der Waals surface area contributed by atoms with Crippen LogP contribution in [0.25, 0.3) is 17.0 Å². The fourth-order valence-electron chi connectivity index (χ4n) is 2.22. The molecular weight excluding hydrogens is 260 g/mol. The number of aromatic carboxylic acids is 1. The van der Waals surface area contributed by atoms with Crippen LogP contribution in [0.5, 0.6) is 0 Å². The molecule has 0 aromatic carbocycles. The highest BCUT2D eigenvalue weighted by Crippen LogP contribution is 2.26. The van der Waals surface area contributed by atoms with Gasteiger partial charge in [0.05, 0.1) is 11.4 Å².